The topological polar surface area (TPSA) is 62.2 Å². The fourth-order valence-electron chi connectivity index (χ4n) is 3.52. The molecule has 0 aromatic carbocycles. The van der Waals surface area contributed by atoms with Gasteiger partial charge in [0.2, 0.25) is 5.91 Å². The highest BCUT2D eigenvalue weighted by molar-refractivity contribution is 7.09. The Morgan fingerprint density at radius 1 is 1.27 bits per heavy atom. The van der Waals surface area contributed by atoms with E-state index in [1.807, 2.05) is 16.5 Å². The number of rotatable bonds is 3. The standard InChI is InChI=1S/C15H17N5OS/c21-14-5-15(10-20(14)12-6-16-11-17-7-12)1-3-19(9-15)8-13-18-2-4-22-13/h2,4,6-7,11H,1,3,5,8-10H2/t15-/m0/s1. The van der Waals surface area contributed by atoms with Crippen LogP contribution in [0.15, 0.2) is 30.3 Å². The van der Waals surface area contributed by atoms with Gasteiger partial charge in [0.15, 0.2) is 0 Å². The summed E-state index contributed by atoms with van der Waals surface area (Å²) in [5.41, 5.74) is 0.882. The number of anilines is 1. The van der Waals surface area contributed by atoms with Gasteiger partial charge in [-0.25, -0.2) is 15.0 Å². The minimum atomic E-state index is 0.0736. The zero-order chi connectivity index (χ0) is 15.0. The normalized spacial score (nSPS) is 25.5. The first-order chi connectivity index (χ1) is 10.7. The Labute approximate surface area is 132 Å². The van der Waals surface area contributed by atoms with Crippen molar-refractivity contribution in [1.82, 2.24) is 19.9 Å². The minimum Gasteiger partial charge on any atom is -0.309 e. The third kappa shape index (κ3) is 2.50. The summed E-state index contributed by atoms with van der Waals surface area (Å²) in [7, 11) is 0. The Balaban J connectivity index is 1.46. The molecule has 114 valence electrons. The molecule has 6 nitrogen and oxygen atoms in total. The molecule has 1 spiro atoms. The van der Waals surface area contributed by atoms with Crippen LogP contribution in [0.5, 0.6) is 0 Å². The zero-order valence-corrected chi connectivity index (χ0v) is 13.0. The van der Waals surface area contributed by atoms with Crippen LogP contribution in [0.4, 0.5) is 5.69 Å². The third-order valence-corrected chi connectivity index (χ3v) is 5.30. The smallest absolute Gasteiger partial charge is 0.227 e. The van der Waals surface area contributed by atoms with E-state index in [1.54, 1.807) is 23.7 Å². The molecule has 2 aliphatic heterocycles. The highest BCUT2D eigenvalue weighted by Crippen LogP contribution is 2.41. The maximum Gasteiger partial charge on any atom is 0.227 e. The summed E-state index contributed by atoms with van der Waals surface area (Å²) in [4.78, 5) is 29.1. The molecule has 0 saturated carbocycles. The van der Waals surface area contributed by atoms with Crippen LogP contribution in [-0.2, 0) is 11.3 Å². The first-order valence-electron chi connectivity index (χ1n) is 7.40. The number of amides is 1. The Morgan fingerprint density at radius 2 is 2.14 bits per heavy atom. The molecule has 2 aromatic rings. The SMILES string of the molecule is O=C1C[C@]2(CCN(Cc3nccs3)C2)CN1c1cncnc1. The predicted octanol–water partition coefficient (Wildman–Crippen LogP) is 1.56. The van der Waals surface area contributed by atoms with Gasteiger partial charge < -0.3 is 4.90 Å². The summed E-state index contributed by atoms with van der Waals surface area (Å²) < 4.78 is 0. The maximum atomic E-state index is 12.4. The first-order valence-corrected chi connectivity index (χ1v) is 8.28. The number of carbonyl (C=O) groups excluding carboxylic acids is 1. The van der Waals surface area contributed by atoms with E-state index >= 15 is 0 Å². The van der Waals surface area contributed by atoms with Gasteiger partial charge in [0.05, 0.1) is 24.6 Å². The van der Waals surface area contributed by atoms with E-state index in [2.05, 4.69) is 19.9 Å². The largest absolute Gasteiger partial charge is 0.309 e. The van der Waals surface area contributed by atoms with Crippen molar-refractivity contribution < 1.29 is 4.79 Å². The van der Waals surface area contributed by atoms with Gasteiger partial charge in [-0.3, -0.25) is 9.69 Å². The maximum absolute atomic E-state index is 12.4. The van der Waals surface area contributed by atoms with Crippen LogP contribution < -0.4 is 4.90 Å². The van der Waals surface area contributed by atoms with Crippen LogP contribution in [0.3, 0.4) is 0 Å². The lowest BCUT2D eigenvalue weighted by Crippen LogP contribution is -2.31. The van der Waals surface area contributed by atoms with Crippen molar-refractivity contribution in [3.05, 3.63) is 35.3 Å². The summed E-state index contributed by atoms with van der Waals surface area (Å²) in [6.45, 7) is 3.66. The first kappa shape index (κ1) is 13.8. The Bertz CT molecular complexity index is 662. The lowest BCUT2D eigenvalue weighted by molar-refractivity contribution is -0.117. The molecule has 1 atom stereocenters. The molecular weight excluding hydrogens is 298 g/mol. The van der Waals surface area contributed by atoms with Gasteiger partial charge >= 0.3 is 0 Å². The molecule has 0 radical (unpaired) electrons. The van der Waals surface area contributed by atoms with Gasteiger partial charge in [-0.05, 0) is 13.0 Å². The number of likely N-dealkylation sites (tertiary alicyclic amines) is 1. The molecule has 2 aliphatic rings. The van der Waals surface area contributed by atoms with Crippen LogP contribution in [0.2, 0.25) is 0 Å². The molecule has 0 bridgehead atoms. The van der Waals surface area contributed by atoms with E-state index in [0.29, 0.717) is 6.42 Å². The van der Waals surface area contributed by atoms with Crippen LogP contribution >= 0.6 is 11.3 Å². The van der Waals surface area contributed by atoms with Crippen LogP contribution in [0.1, 0.15) is 17.8 Å². The Morgan fingerprint density at radius 3 is 2.91 bits per heavy atom. The number of thiazole rings is 1. The average molecular weight is 315 g/mol. The van der Waals surface area contributed by atoms with Crippen molar-refractivity contribution in [2.75, 3.05) is 24.5 Å². The second-order valence-electron chi connectivity index (χ2n) is 6.14. The zero-order valence-electron chi connectivity index (χ0n) is 12.2. The molecule has 22 heavy (non-hydrogen) atoms. The molecule has 7 heteroatoms. The second kappa shape index (κ2) is 5.40. The van der Waals surface area contributed by atoms with Crippen molar-refractivity contribution in [2.24, 2.45) is 5.41 Å². The summed E-state index contributed by atoms with van der Waals surface area (Å²) in [5.74, 6) is 0.186. The number of hydrogen-bond donors (Lipinski definition) is 0. The van der Waals surface area contributed by atoms with Crippen molar-refractivity contribution in [3.63, 3.8) is 0 Å². The summed E-state index contributed by atoms with van der Waals surface area (Å²) >= 11 is 1.69. The molecular formula is C15H17N5OS. The fourth-order valence-corrected chi connectivity index (χ4v) is 4.18. The quantitative estimate of drug-likeness (QED) is 0.860. The highest BCUT2D eigenvalue weighted by Gasteiger charge is 2.47. The monoisotopic (exact) mass is 315 g/mol. The molecule has 1 amide bonds. The molecule has 0 unspecified atom stereocenters. The highest BCUT2D eigenvalue weighted by atomic mass is 32.1. The lowest BCUT2D eigenvalue weighted by atomic mass is 9.86. The molecule has 0 N–H and O–H groups in total. The van der Waals surface area contributed by atoms with Gasteiger partial charge in [0.25, 0.3) is 0 Å². The average Bonchev–Trinajstić information content (AvgIpc) is 3.23. The van der Waals surface area contributed by atoms with E-state index in [0.717, 1.165) is 43.3 Å². The number of hydrogen-bond acceptors (Lipinski definition) is 6. The minimum absolute atomic E-state index is 0.0736. The van der Waals surface area contributed by atoms with Crippen molar-refractivity contribution in [2.45, 2.75) is 19.4 Å². The summed E-state index contributed by atoms with van der Waals surface area (Å²) in [6.07, 6.45) is 8.45. The predicted molar refractivity (Wildman–Crippen MR) is 83.4 cm³/mol. The van der Waals surface area contributed by atoms with E-state index in [-0.39, 0.29) is 11.3 Å². The van der Waals surface area contributed by atoms with Crippen LogP contribution in [0.25, 0.3) is 0 Å². The second-order valence-corrected chi connectivity index (χ2v) is 7.12. The lowest BCUT2D eigenvalue weighted by Gasteiger charge is -2.23. The Hall–Kier alpha value is -1.86. The van der Waals surface area contributed by atoms with Crippen LogP contribution in [0, 0.1) is 5.41 Å². The Kier molecular flexibility index (Phi) is 3.38. The van der Waals surface area contributed by atoms with Crippen molar-refractivity contribution >= 4 is 22.9 Å². The number of aromatic nitrogens is 3. The van der Waals surface area contributed by atoms with Gasteiger partial charge in [0.1, 0.15) is 11.3 Å². The van der Waals surface area contributed by atoms with Crippen LogP contribution in [-0.4, -0.2) is 45.4 Å². The van der Waals surface area contributed by atoms with Gasteiger partial charge in [-0.2, -0.15) is 0 Å². The van der Waals surface area contributed by atoms with Crippen molar-refractivity contribution in [3.8, 4) is 0 Å². The third-order valence-electron chi connectivity index (χ3n) is 4.54. The number of carbonyl (C=O) groups is 1. The van der Waals surface area contributed by atoms with Crippen molar-refractivity contribution in [1.29, 1.82) is 0 Å². The van der Waals surface area contributed by atoms with Gasteiger partial charge in [-0.15, -0.1) is 11.3 Å². The molecule has 2 saturated heterocycles. The van der Waals surface area contributed by atoms with E-state index in [4.69, 9.17) is 0 Å². The fraction of sp³-hybridized carbons (Fsp3) is 0.467. The summed E-state index contributed by atoms with van der Waals surface area (Å²) in [6, 6.07) is 0. The van der Waals surface area contributed by atoms with Gasteiger partial charge in [0, 0.05) is 36.5 Å². The molecule has 4 rings (SSSR count). The number of nitrogens with zero attached hydrogens (tertiary/aromatic N) is 5. The molecule has 2 fully saturated rings. The van der Waals surface area contributed by atoms with E-state index in [9.17, 15) is 4.79 Å². The van der Waals surface area contributed by atoms with E-state index < -0.39 is 0 Å². The van der Waals surface area contributed by atoms with E-state index in [1.165, 1.54) is 6.33 Å². The molecule has 2 aromatic heterocycles. The van der Waals surface area contributed by atoms with Gasteiger partial charge in [-0.1, -0.05) is 0 Å². The molecule has 0 aliphatic carbocycles. The molecule has 4 heterocycles. The summed E-state index contributed by atoms with van der Waals surface area (Å²) in [5, 5.41) is 3.16.